The van der Waals surface area contributed by atoms with Crippen molar-refractivity contribution in [3.63, 3.8) is 0 Å². The van der Waals surface area contributed by atoms with Gasteiger partial charge in [0.05, 0.1) is 5.92 Å². The van der Waals surface area contributed by atoms with Crippen molar-refractivity contribution in [2.75, 3.05) is 39.3 Å². The fourth-order valence-electron chi connectivity index (χ4n) is 4.22. The number of amides is 2. The number of carbonyl (C=O) groups excluding carboxylic acids is 2. The Bertz CT molecular complexity index is 619. The molecular formula is C22H33N3O2. The van der Waals surface area contributed by atoms with Gasteiger partial charge in [-0.25, -0.2) is 0 Å². The van der Waals surface area contributed by atoms with Crippen molar-refractivity contribution >= 4 is 11.8 Å². The Kier molecular flexibility index (Phi) is 7.27. The molecule has 2 amide bonds. The van der Waals surface area contributed by atoms with Crippen molar-refractivity contribution in [1.82, 2.24) is 15.1 Å². The van der Waals surface area contributed by atoms with Crippen LogP contribution in [0.3, 0.4) is 0 Å². The molecule has 3 rings (SSSR count). The monoisotopic (exact) mass is 371 g/mol. The molecule has 1 N–H and O–H groups in total. The highest BCUT2D eigenvalue weighted by molar-refractivity contribution is 5.89. The predicted octanol–water partition coefficient (Wildman–Crippen LogP) is 2.32. The minimum absolute atomic E-state index is 0.0394. The van der Waals surface area contributed by atoms with E-state index in [0.29, 0.717) is 26.1 Å². The van der Waals surface area contributed by atoms with E-state index in [4.69, 9.17) is 0 Å². The molecule has 2 aliphatic rings. The second-order valence-electron chi connectivity index (χ2n) is 8.17. The van der Waals surface area contributed by atoms with Gasteiger partial charge in [-0.2, -0.15) is 0 Å². The van der Waals surface area contributed by atoms with Crippen LogP contribution in [-0.4, -0.2) is 60.9 Å². The third-order valence-electron chi connectivity index (χ3n) is 5.79. The van der Waals surface area contributed by atoms with Crippen LogP contribution in [0.25, 0.3) is 0 Å². The standard InChI is InChI=1S/C22H33N3O2/c1-18-7-5-12-24(16-18)13-6-11-23-22(27)20-15-21(26)25(17-20)14-10-19-8-3-2-4-9-19/h2-4,8-9,18,20H,5-7,10-17H2,1H3,(H,23,27)/t18-,20-/m0/s1. The topological polar surface area (TPSA) is 52.7 Å². The quantitative estimate of drug-likeness (QED) is 0.714. The molecule has 0 aliphatic carbocycles. The second kappa shape index (κ2) is 9.88. The molecule has 2 saturated heterocycles. The van der Waals surface area contributed by atoms with Crippen LogP contribution < -0.4 is 5.32 Å². The summed E-state index contributed by atoms with van der Waals surface area (Å²) in [5, 5.41) is 3.05. The maximum Gasteiger partial charge on any atom is 0.225 e. The molecule has 0 bridgehead atoms. The molecule has 0 saturated carbocycles. The second-order valence-corrected chi connectivity index (χ2v) is 8.17. The molecule has 0 unspecified atom stereocenters. The van der Waals surface area contributed by atoms with Gasteiger partial charge in [0.1, 0.15) is 0 Å². The van der Waals surface area contributed by atoms with Crippen LogP contribution in [0.5, 0.6) is 0 Å². The molecule has 2 atom stereocenters. The van der Waals surface area contributed by atoms with E-state index in [0.717, 1.165) is 25.3 Å². The zero-order chi connectivity index (χ0) is 19.1. The van der Waals surface area contributed by atoms with E-state index >= 15 is 0 Å². The first-order valence-corrected chi connectivity index (χ1v) is 10.4. The van der Waals surface area contributed by atoms with Crippen molar-refractivity contribution in [3.8, 4) is 0 Å². The van der Waals surface area contributed by atoms with Crippen LogP contribution in [-0.2, 0) is 16.0 Å². The fraction of sp³-hybridized carbons (Fsp3) is 0.636. The van der Waals surface area contributed by atoms with Crippen LogP contribution in [0.4, 0.5) is 0 Å². The number of hydrogen-bond acceptors (Lipinski definition) is 3. The van der Waals surface area contributed by atoms with Gasteiger partial charge in [0, 0.05) is 32.6 Å². The average Bonchev–Trinajstić information content (AvgIpc) is 3.05. The van der Waals surface area contributed by atoms with Gasteiger partial charge in [0.15, 0.2) is 0 Å². The molecule has 0 radical (unpaired) electrons. The zero-order valence-electron chi connectivity index (χ0n) is 16.5. The van der Waals surface area contributed by atoms with E-state index in [2.05, 4.69) is 29.3 Å². The zero-order valence-corrected chi connectivity index (χ0v) is 16.5. The summed E-state index contributed by atoms with van der Waals surface area (Å²) in [4.78, 5) is 29.0. The minimum Gasteiger partial charge on any atom is -0.356 e. The van der Waals surface area contributed by atoms with Gasteiger partial charge in [0.2, 0.25) is 11.8 Å². The first-order chi connectivity index (χ1) is 13.1. The fourth-order valence-corrected chi connectivity index (χ4v) is 4.22. The van der Waals surface area contributed by atoms with E-state index in [1.54, 1.807) is 0 Å². The van der Waals surface area contributed by atoms with Gasteiger partial charge < -0.3 is 15.1 Å². The lowest BCUT2D eigenvalue weighted by Crippen LogP contribution is -2.38. The largest absolute Gasteiger partial charge is 0.356 e. The van der Waals surface area contributed by atoms with Crippen LogP contribution in [0.1, 0.15) is 38.2 Å². The molecule has 5 heteroatoms. The van der Waals surface area contributed by atoms with Gasteiger partial charge in [-0.05, 0) is 50.3 Å². The summed E-state index contributed by atoms with van der Waals surface area (Å²) >= 11 is 0. The lowest BCUT2D eigenvalue weighted by Gasteiger charge is -2.30. The SMILES string of the molecule is C[C@H]1CCCN(CCCNC(=O)[C@H]2CC(=O)N(CCc3ccccc3)C2)C1. The molecule has 1 aromatic rings. The molecule has 1 aromatic carbocycles. The first kappa shape index (κ1) is 19.9. The average molecular weight is 372 g/mol. The van der Waals surface area contributed by atoms with Crippen LogP contribution >= 0.6 is 0 Å². The highest BCUT2D eigenvalue weighted by Gasteiger charge is 2.33. The number of carbonyl (C=O) groups is 2. The number of rotatable bonds is 8. The number of hydrogen-bond donors (Lipinski definition) is 1. The summed E-state index contributed by atoms with van der Waals surface area (Å²) in [7, 11) is 0. The molecule has 27 heavy (non-hydrogen) atoms. The third kappa shape index (κ3) is 6.06. The Morgan fingerprint density at radius 3 is 2.78 bits per heavy atom. The number of likely N-dealkylation sites (tertiary alicyclic amines) is 2. The van der Waals surface area contributed by atoms with Crippen molar-refractivity contribution in [1.29, 1.82) is 0 Å². The van der Waals surface area contributed by atoms with Gasteiger partial charge in [-0.15, -0.1) is 0 Å². The predicted molar refractivity (Wildman–Crippen MR) is 107 cm³/mol. The lowest BCUT2D eigenvalue weighted by molar-refractivity contribution is -0.129. The van der Waals surface area contributed by atoms with E-state index in [1.165, 1.54) is 31.5 Å². The number of nitrogens with one attached hydrogen (secondary N) is 1. The van der Waals surface area contributed by atoms with Crippen LogP contribution in [0.15, 0.2) is 30.3 Å². The van der Waals surface area contributed by atoms with Crippen molar-refractivity contribution in [3.05, 3.63) is 35.9 Å². The van der Waals surface area contributed by atoms with Gasteiger partial charge in [-0.1, -0.05) is 37.3 Å². The van der Waals surface area contributed by atoms with Crippen LogP contribution in [0, 0.1) is 11.8 Å². The van der Waals surface area contributed by atoms with E-state index in [-0.39, 0.29) is 17.7 Å². The van der Waals surface area contributed by atoms with E-state index in [9.17, 15) is 9.59 Å². The Morgan fingerprint density at radius 1 is 1.19 bits per heavy atom. The van der Waals surface area contributed by atoms with E-state index in [1.807, 2.05) is 23.1 Å². The maximum absolute atomic E-state index is 12.4. The third-order valence-corrected chi connectivity index (χ3v) is 5.79. The number of benzene rings is 1. The van der Waals surface area contributed by atoms with Crippen molar-refractivity contribution in [2.45, 2.75) is 39.0 Å². The van der Waals surface area contributed by atoms with Crippen molar-refractivity contribution < 1.29 is 9.59 Å². The Labute approximate surface area is 163 Å². The Balaban J connectivity index is 1.33. The molecule has 2 aliphatic heterocycles. The van der Waals surface area contributed by atoms with Gasteiger partial charge >= 0.3 is 0 Å². The number of piperidine rings is 1. The summed E-state index contributed by atoms with van der Waals surface area (Å²) in [6, 6.07) is 10.2. The Hall–Kier alpha value is -1.88. The molecular weight excluding hydrogens is 338 g/mol. The lowest BCUT2D eigenvalue weighted by atomic mass is 10.0. The maximum atomic E-state index is 12.4. The smallest absolute Gasteiger partial charge is 0.225 e. The van der Waals surface area contributed by atoms with Gasteiger partial charge in [0.25, 0.3) is 0 Å². The summed E-state index contributed by atoms with van der Waals surface area (Å²) in [5.74, 6) is 0.744. The highest BCUT2D eigenvalue weighted by atomic mass is 16.2. The van der Waals surface area contributed by atoms with Crippen LogP contribution in [0.2, 0.25) is 0 Å². The summed E-state index contributed by atoms with van der Waals surface area (Å²) in [6.07, 6.45) is 4.80. The molecule has 148 valence electrons. The summed E-state index contributed by atoms with van der Waals surface area (Å²) in [5.41, 5.74) is 1.23. The summed E-state index contributed by atoms with van der Waals surface area (Å²) in [6.45, 7) is 7.69. The Morgan fingerprint density at radius 2 is 2.00 bits per heavy atom. The molecule has 0 spiro atoms. The normalized spacial score (nSPS) is 23.6. The summed E-state index contributed by atoms with van der Waals surface area (Å²) < 4.78 is 0. The van der Waals surface area contributed by atoms with Crippen molar-refractivity contribution in [2.24, 2.45) is 11.8 Å². The molecule has 5 nitrogen and oxygen atoms in total. The molecule has 2 heterocycles. The molecule has 0 aromatic heterocycles. The van der Waals surface area contributed by atoms with E-state index < -0.39 is 0 Å². The highest BCUT2D eigenvalue weighted by Crippen LogP contribution is 2.19. The molecule has 2 fully saturated rings. The first-order valence-electron chi connectivity index (χ1n) is 10.4. The minimum atomic E-state index is -0.191. The number of nitrogens with zero attached hydrogens (tertiary/aromatic N) is 2. The van der Waals surface area contributed by atoms with Gasteiger partial charge in [-0.3, -0.25) is 9.59 Å².